The summed E-state index contributed by atoms with van der Waals surface area (Å²) in [5, 5.41) is 2.60. The zero-order chi connectivity index (χ0) is 17.0. The molecule has 0 saturated carbocycles. The maximum Gasteiger partial charge on any atom is 0.346 e. The molecule has 23 heavy (non-hydrogen) atoms. The van der Waals surface area contributed by atoms with Crippen LogP contribution in [0.2, 0.25) is 0 Å². The van der Waals surface area contributed by atoms with Crippen molar-refractivity contribution in [1.82, 2.24) is 9.97 Å². The monoisotopic (exact) mass is 315 g/mol. The number of aromatic nitrogens is 2. The minimum Gasteiger partial charge on any atom is -0.484 e. The van der Waals surface area contributed by atoms with Crippen LogP contribution in [0.25, 0.3) is 0 Å². The van der Waals surface area contributed by atoms with Gasteiger partial charge in [0.1, 0.15) is 11.6 Å². The Labute approximate surface area is 134 Å². The number of carbonyl (C=O) groups excluding carboxylic acids is 1. The van der Waals surface area contributed by atoms with Crippen molar-refractivity contribution >= 4 is 11.7 Å². The van der Waals surface area contributed by atoms with E-state index in [0.717, 1.165) is 0 Å². The van der Waals surface area contributed by atoms with Gasteiger partial charge in [-0.2, -0.15) is 0 Å². The fourth-order valence-electron chi connectivity index (χ4n) is 1.96. The molecule has 1 aromatic carbocycles. The van der Waals surface area contributed by atoms with Crippen LogP contribution in [0.15, 0.2) is 35.3 Å². The van der Waals surface area contributed by atoms with E-state index in [1.807, 2.05) is 24.3 Å². The van der Waals surface area contributed by atoms with Crippen LogP contribution in [0.1, 0.15) is 31.9 Å². The third-order valence-electron chi connectivity index (χ3n) is 3.36. The second kappa shape index (κ2) is 6.64. The summed E-state index contributed by atoms with van der Waals surface area (Å²) in [6.45, 7) is 8.00. The van der Waals surface area contributed by atoms with E-state index in [1.165, 1.54) is 11.8 Å². The van der Waals surface area contributed by atoms with Gasteiger partial charge in [-0.1, -0.05) is 32.9 Å². The number of carbonyl (C=O) groups is 1. The number of anilines is 1. The zero-order valence-electron chi connectivity index (χ0n) is 13.8. The van der Waals surface area contributed by atoms with E-state index in [2.05, 4.69) is 36.1 Å². The fourth-order valence-corrected chi connectivity index (χ4v) is 1.96. The first-order valence-corrected chi connectivity index (χ1v) is 7.35. The summed E-state index contributed by atoms with van der Waals surface area (Å²) in [5.41, 5.74) is 1.43. The predicted octanol–water partition coefficient (Wildman–Crippen LogP) is 2.39. The highest BCUT2D eigenvalue weighted by molar-refractivity contribution is 5.91. The number of rotatable bonds is 4. The molecule has 6 heteroatoms. The molecule has 0 aliphatic carbocycles. The van der Waals surface area contributed by atoms with Gasteiger partial charge in [0.15, 0.2) is 6.61 Å². The Kier molecular flexibility index (Phi) is 4.83. The van der Waals surface area contributed by atoms with Crippen molar-refractivity contribution in [3.05, 3.63) is 52.1 Å². The molecular formula is C17H21N3O3. The molecule has 0 radical (unpaired) electrons. The van der Waals surface area contributed by atoms with E-state index in [4.69, 9.17) is 4.74 Å². The number of aryl methyl sites for hydroxylation is 1. The van der Waals surface area contributed by atoms with Crippen molar-refractivity contribution in [2.24, 2.45) is 0 Å². The molecule has 0 atom stereocenters. The minimum absolute atomic E-state index is 0.0701. The summed E-state index contributed by atoms with van der Waals surface area (Å²) in [5.74, 6) is 0.602. The molecule has 2 rings (SSSR count). The first kappa shape index (κ1) is 16.7. The number of hydrogen-bond donors (Lipinski definition) is 2. The van der Waals surface area contributed by atoms with Crippen LogP contribution in [0.5, 0.6) is 5.75 Å². The maximum absolute atomic E-state index is 11.9. The lowest BCUT2D eigenvalue weighted by atomic mass is 9.87. The molecule has 0 unspecified atom stereocenters. The molecule has 0 aliphatic heterocycles. The summed E-state index contributed by atoms with van der Waals surface area (Å²) in [6, 6.07) is 7.65. The van der Waals surface area contributed by atoms with E-state index in [9.17, 15) is 9.59 Å². The number of benzene rings is 1. The Balaban J connectivity index is 1.94. The van der Waals surface area contributed by atoms with E-state index < -0.39 is 5.69 Å². The number of ether oxygens (including phenoxy) is 1. The second-order valence-corrected chi connectivity index (χ2v) is 6.36. The molecule has 122 valence electrons. The van der Waals surface area contributed by atoms with Gasteiger partial charge in [0.05, 0.1) is 0 Å². The number of nitrogens with one attached hydrogen (secondary N) is 2. The average molecular weight is 315 g/mol. The maximum atomic E-state index is 11.9. The number of hydrogen-bond acceptors (Lipinski definition) is 4. The lowest BCUT2D eigenvalue weighted by Crippen LogP contribution is -2.23. The number of amides is 1. The summed E-state index contributed by atoms with van der Waals surface area (Å²) in [6.07, 6.45) is 1.40. The number of aromatic amines is 1. The SMILES string of the molecule is Cc1cnc(=O)[nH]c1NC(=O)COc1ccc(C(C)(C)C)cc1. The average Bonchev–Trinajstić information content (AvgIpc) is 2.48. The van der Waals surface area contributed by atoms with Crippen LogP contribution in [-0.2, 0) is 10.2 Å². The third kappa shape index (κ3) is 4.67. The Bertz CT molecular complexity index is 743. The van der Waals surface area contributed by atoms with Gasteiger partial charge in [0, 0.05) is 11.8 Å². The van der Waals surface area contributed by atoms with Gasteiger partial charge >= 0.3 is 5.69 Å². The van der Waals surface area contributed by atoms with Crippen LogP contribution in [0.3, 0.4) is 0 Å². The van der Waals surface area contributed by atoms with E-state index >= 15 is 0 Å². The molecule has 1 amide bonds. The van der Waals surface area contributed by atoms with Crippen molar-refractivity contribution in [2.45, 2.75) is 33.1 Å². The van der Waals surface area contributed by atoms with Crippen LogP contribution in [-0.4, -0.2) is 22.5 Å². The Morgan fingerprint density at radius 2 is 1.91 bits per heavy atom. The summed E-state index contributed by atoms with van der Waals surface area (Å²) in [7, 11) is 0. The Morgan fingerprint density at radius 1 is 1.26 bits per heavy atom. The van der Waals surface area contributed by atoms with Gasteiger partial charge in [-0.25, -0.2) is 9.78 Å². The van der Waals surface area contributed by atoms with Gasteiger partial charge in [0.2, 0.25) is 0 Å². The van der Waals surface area contributed by atoms with E-state index in [0.29, 0.717) is 17.1 Å². The van der Waals surface area contributed by atoms with Gasteiger partial charge in [-0.3, -0.25) is 9.78 Å². The highest BCUT2D eigenvalue weighted by Crippen LogP contribution is 2.24. The summed E-state index contributed by atoms with van der Waals surface area (Å²) in [4.78, 5) is 29.1. The van der Waals surface area contributed by atoms with Crippen LogP contribution < -0.4 is 15.7 Å². The zero-order valence-corrected chi connectivity index (χ0v) is 13.8. The van der Waals surface area contributed by atoms with Gasteiger partial charge in [-0.05, 0) is 30.0 Å². The molecule has 0 bridgehead atoms. The fraction of sp³-hybridized carbons (Fsp3) is 0.353. The smallest absolute Gasteiger partial charge is 0.346 e. The standard InChI is InChI=1S/C17H21N3O3/c1-11-9-18-16(22)20-15(11)19-14(21)10-23-13-7-5-12(6-8-13)17(2,3)4/h5-9H,10H2,1-4H3,(H2,18,19,20,21,22). The van der Waals surface area contributed by atoms with Gasteiger partial charge in [-0.15, -0.1) is 0 Å². The largest absolute Gasteiger partial charge is 0.484 e. The minimum atomic E-state index is -0.510. The normalized spacial score (nSPS) is 11.1. The molecule has 0 fully saturated rings. The van der Waals surface area contributed by atoms with E-state index in [1.54, 1.807) is 6.92 Å². The third-order valence-corrected chi connectivity index (χ3v) is 3.36. The molecule has 1 heterocycles. The van der Waals surface area contributed by atoms with Crippen LogP contribution >= 0.6 is 0 Å². The second-order valence-electron chi connectivity index (χ2n) is 6.36. The molecule has 0 spiro atoms. The van der Waals surface area contributed by atoms with Crippen molar-refractivity contribution in [1.29, 1.82) is 0 Å². The summed E-state index contributed by atoms with van der Waals surface area (Å²) >= 11 is 0. The molecule has 0 saturated heterocycles. The number of nitrogens with zero attached hydrogens (tertiary/aromatic N) is 1. The predicted molar refractivity (Wildman–Crippen MR) is 88.9 cm³/mol. The Morgan fingerprint density at radius 3 is 2.52 bits per heavy atom. The molecule has 6 nitrogen and oxygen atoms in total. The highest BCUT2D eigenvalue weighted by Gasteiger charge is 2.13. The highest BCUT2D eigenvalue weighted by atomic mass is 16.5. The van der Waals surface area contributed by atoms with E-state index in [-0.39, 0.29) is 17.9 Å². The van der Waals surface area contributed by atoms with Crippen molar-refractivity contribution in [2.75, 3.05) is 11.9 Å². The Hall–Kier alpha value is -2.63. The van der Waals surface area contributed by atoms with Gasteiger partial charge in [0.25, 0.3) is 5.91 Å². The first-order chi connectivity index (χ1) is 10.8. The molecule has 2 N–H and O–H groups in total. The first-order valence-electron chi connectivity index (χ1n) is 7.35. The molecule has 2 aromatic rings. The lowest BCUT2D eigenvalue weighted by Gasteiger charge is -2.19. The molecular weight excluding hydrogens is 294 g/mol. The van der Waals surface area contributed by atoms with Gasteiger partial charge < -0.3 is 10.1 Å². The lowest BCUT2D eigenvalue weighted by molar-refractivity contribution is -0.118. The van der Waals surface area contributed by atoms with Crippen molar-refractivity contribution in [3.63, 3.8) is 0 Å². The van der Waals surface area contributed by atoms with Crippen molar-refractivity contribution in [3.8, 4) is 5.75 Å². The van der Waals surface area contributed by atoms with Crippen LogP contribution in [0.4, 0.5) is 5.82 Å². The molecule has 0 aliphatic rings. The topological polar surface area (TPSA) is 84.1 Å². The quantitative estimate of drug-likeness (QED) is 0.907. The number of H-pyrrole nitrogens is 1. The van der Waals surface area contributed by atoms with Crippen molar-refractivity contribution < 1.29 is 9.53 Å². The molecule has 1 aromatic heterocycles. The van der Waals surface area contributed by atoms with Crippen LogP contribution in [0, 0.1) is 6.92 Å². The summed E-state index contributed by atoms with van der Waals surface area (Å²) < 4.78 is 5.46.